The molecule has 5 nitrogen and oxygen atoms in total. The number of nitrogens with one attached hydrogen (secondary N) is 1. The number of ether oxygens (including phenoxy) is 1. The summed E-state index contributed by atoms with van der Waals surface area (Å²) in [6.45, 7) is 0.557. The molecule has 1 aromatic carbocycles. The maximum Gasteiger partial charge on any atom is 0.414 e. The minimum absolute atomic E-state index is 0. The van der Waals surface area contributed by atoms with Gasteiger partial charge in [0.25, 0.3) is 0 Å². The Morgan fingerprint density at radius 2 is 1.87 bits per heavy atom. The summed E-state index contributed by atoms with van der Waals surface area (Å²) in [7, 11) is 3.27. The van der Waals surface area contributed by atoms with Gasteiger partial charge in [-0.25, -0.2) is 4.79 Å². The first-order valence-electron chi connectivity index (χ1n) is 7.97. The van der Waals surface area contributed by atoms with Crippen molar-refractivity contribution in [1.82, 2.24) is 10.2 Å². The third kappa shape index (κ3) is 6.37. The fraction of sp³-hybridized carbons (Fsp3) is 0.588. The number of carbonyl (C=O) groups is 1. The molecular formula is C17H27ClN2O3. The highest BCUT2D eigenvalue weighted by Gasteiger charge is 2.15. The van der Waals surface area contributed by atoms with Gasteiger partial charge in [0.2, 0.25) is 0 Å². The summed E-state index contributed by atoms with van der Waals surface area (Å²) >= 11 is 0. The second kappa shape index (κ2) is 9.75. The summed E-state index contributed by atoms with van der Waals surface area (Å²) in [5.74, 6) is 0.481. The molecule has 1 atom stereocenters. The lowest BCUT2D eigenvalue weighted by atomic mass is 9.95. The molecule has 0 aliphatic heterocycles. The van der Waals surface area contributed by atoms with Gasteiger partial charge in [0.05, 0.1) is 6.10 Å². The van der Waals surface area contributed by atoms with Crippen LogP contribution < -0.4 is 10.1 Å². The molecule has 1 aliphatic rings. The minimum atomic E-state index is -0.541. The molecule has 1 fully saturated rings. The van der Waals surface area contributed by atoms with Crippen LogP contribution in [0.5, 0.6) is 5.75 Å². The number of hydrogen-bond donors (Lipinski definition) is 2. The topological polar surface area (TPSA) is 61.8 Å². The van der Waals surface area contributed by atoms with Gasteiger partial charge in [0.15, 0.2) is 0 Å². The van der Waals surface area contributed by atoms with Crippen molar-refractivity contribution in [3.05, 3.63) is 29.8 Å². The fourth-order valence-electron chi connectivity index (χ4n) is 2.65. The average molecular weight is 343 g/mol. The van der Waals surface area contributed by atoms with E-state index in [-0.39, 0.29) is 12.4 Å². The summed E-state index contributed by atoms with van der Waals surface area (Å²) in [4.78, 5) is 12.8. The SMILES string of the molecule is CN(C)C(=O)Oc1ccc(C(O)CNC2CCCCC2)cc1.Cl. The molecule has 0 spiro atoms. The molecule has 0 bridgehead atoms. The Morgan fingerprint density at radius 3 is 2.43 bits per heavy atom. The van der Waals surface area contributed by atoms with E-state index >= 15 is 0 Å². The van der Waals surface area contributed by atoms with Crippen LogP contribution in [0.2, 0.25) is 0 Å². The van der Waals surface area contributed by atoms with Crippen molar-refractivity contribution >= 4 is 18.5 Å². The van der Waals surface area contributed by atoms with Gasteiger partial charge in [-0.15, -0.1) is 12.4 Å². The lowest BCUT2D eigenvalue weighted by Crippen LogP contribution is -2.34. The van der Waals surface area contributed by atoms with E-state index in [1.807, 2.05) is 0 Å². The molecule has 1 aromatic rings. The Labute approximate surface area is 144 Å². The normalized spacial score (nSPS) is 16.3. The average Bonchev–Trinajstić information content (AvgIpc) is 2.54. The Bertz CT molecular complexity index is 473. The Kier molecular flexibility index (Phi) is 8.37. The van der Waals surface area contributed by atoms with Crippen molar-refractivity contribution in [2.45, 2.75) is 44.2 Å². The van der Waals surface area contributed by atoms with Crippen LogP contribution >= 0.6 is 12.4 Å². The quantitative estimate of drug-likeness (QED) is 0.863. The number of halogens is 1. The molecule has 2 rings (SSSR count). The molecule has 6 heteroatoms. The zero-order valence-corrected chi connectivity index (χ0v) is 14.6. The largest absolute Gasteiger partial charge is 0.414 e. The van der Waals surface area contributed by atoms with E-state index in [1.54, 1.807) is 38.4 Å². The summed E-state index contributed by atoms with van der Waals surface area (Å²) in [5, 5.41) is 13.7. The van der Waals surface area contributed by atoms with Crippen LogP contribution in [0.25, 0.3) is 0 Å². The Balaban J connectivity index is 0.00000264. The van der Waals surface area contributed by atoms with Crippen LogP contribution in [0.4, 0.5) is 4.79 Å². The molecular weight excluding hydrogens is 316 g/mol. The van der Waals surface area contributed by atoms with Crippen LogP contribution in [-0.2, 0) is 0 Å². The van der Waals surface area contributed by atoms with Crippen molar-refractivity contribution in [2.75, 3.05) is 20.6 Å². The first-order chi connectivity index (χ1) is 10.6. The predicted octanol–water partition coefficient (Wildman–Crippen LogP) is 3.12. The molecule has 23 heavy (non-hydrogen) atoms. The minimum Gasteiger partial charge on any atom is -0.410 e. The van der Waals surface area contributed by atoms with Crippen LogP contribution in [0, 0.1) is 0 Å². The smallest absolute Gasteiger partial charge is 0.410 e. The second-order valence-corrected chi connectivity index (χ2v) is 6.09. The van der Waals surface area contributed by atoms with E-state index < -0.39 is 12.2 Å². The van der Waals surface area contributed by atoms with E-state index in [1.165, 1.54) is 37.0 Å². The molecule has 1 unspecified atom stereocenters. The van der Waals surface area contributed by atoms with E-state index in [0.717, 1.165) is 5.56 Å². The molecule has 1 aliphatic carbocycles. The maximum atomic E-state index is 11.5. The zero-order chi connectivity index (χ0) is 15.9. The molecule has 0 saturated heterocycles. The molecule has 0 radical (unpaired) electrons. The van der Waals surface area contributed by atoms with Gasteiger partial charge in [-0.1, -0.05) is 31.4 Å². The highest BCUT2D eigenvalue weighted by atomic mass is 35.5. The monoisotopic (exact) mass is 342 g/mol. The van der Waals surface area contributed by atoms with Crippen molar-refractivity contribution in [3.63, 3.8) is 0 Å². The lowest BCUT2D eigenvalue weighted by Gasteiger charge is -2.24. The first-order valence-corrected chi connectivity index (χ1v) is 7.97. The fourth-order valence-corrected chi connectivity index (χ4v) is 2.65. The number of benzene rings is 1. The van der Waals surface area contributed by atoms with Gasteiger partial charge in [0, 0.05) is 26.7 Å². The van der Waals surface area contributed by atoms with Crippen molar-refractivity contribution in [2.24, 2.45) is 0 Å². The van der Waals surface area contributed by atoms with Gasteiger partial charge in [-0.3, -0.25) is 0 Å². The number of aliphatic hydroxyl groups excluding tert-OH is 1. The molecule has 2 N–H and O–H groups in total. The second-order valence-electron chi connectivity index (χ2n) is 6.09. The van der Waals surface area contributed by atoms with Gasteiger partial charge >= 0.3 is 6.09 Å². The van der Waals surface area contributed by atoms with Gasteiger partial charge in [-0.2, -0.15) is 0 Å². The highest BCUT2D eigenvalue weighted by Crippen LogP contribution is 2.20. The van der Waals surface area contributed by atoms with Crippen LogP contribution in [0.15, 0.2) is 24.3 Å². The van der Waals surface area contributed by atoms with E-state index in [4.69, 9.17) is 4.74 Å². The Hall–Kier alpha value is -1.30. The predicted molar refractivity (Wildman–Crippen MR) is 93.2 cm³/mol. The summed E-state index contributed by atoms with van der Waals surface area (Å²) in [6, 6.07) is 7.54. The Morgan fingerprint density at radius 1 is 1.26 bits per heavy atom. The zero-order valence-electron chi connectivity index (χ0n) is 13.8. The highest BCUT2D eigenvalue weighted by molar-refractivity contribution is 5.85. The van der Waals surface area contributed by atoms with Crippen LogP contribution in [0.3, 0.4) is 0 Å². The van der Waals surface area contributed by atoms with Crippen molar-refractivity contribution in [3.8, 4) is 5.75 Å². The van der Waals surface area contributed by atoms with E-state index in [0.29, 0.717) is 18.3 Å². The van der Waals surface area contributed by atoms with Crippen LogP contribution in [-0.4, -0.2) is 42.8 Å². The summed E-state index contributed by atoms with van der Waals surface area (Å²) in [6.07, 6.45) is 5.33. The standard InChI is InChI=1S/C17H26N2O3.ClH/c1-19(2)17(21)22-15-10-8-13(9-11-15)16(20)12-18-14-6-4-3-5-7-14;/h8-11,14,16,18,20H,3-7,12H2,1-2H3;1H. The van der Waals surface area contributed by atoms with Crippen LogP contribution in [0.1, 0.15) is 43.8 Å². The number of rotatable bonds is 5. The number of nitrogens with zero attached hydrogens (tertiary/aromatic N) is 1. The number of hydrogen-bond acceptors (Lipinski definition) is 4. The number of aliphatic hydroxyl groups is 1. The third-order valence-corrected chi connectivity index (χ3v) is 4.04. The molecule has 1 saturated carbocycles. The van der Waals surface area contributed by atoms with Crippen molar-refractivity contribution < 1.29 is 14.6 Å². The number of amides is 1. The van der Waals surface area contributed by atoms with E-state index in [2.05, 4.69) is 5.32 Å². The summed E-state index contributed by atoms with van der Waals surface area (Å²) in [5.41, 5.74) is 0.827. The van der Waals surface area contributed by atoms with Gasteiger partial charge in [0.1, 0.15) is 5.75 Å². The van der Waals surface area contributed by atoms with Gasteiger partial charge < -0.3 is 20.1 Å². The first kappa shape index (κ1) is 19.7. The molecule has 0 aromatic heterocycles. The molecule has 1 amide bonds. The number of carbonyl (C=O) groups excluding carboxylic acids is 1. The van der Waals surface area contributed by atoms with Crippen molar-refractivity contribution in [1.29, 1.82) is 0 Å². The third-order valence-electron chi connectivity index (χ3n) is 4.04. The molecule has 130 valence electrons. The maximum absolute atomic E-state index is 11.5. The summed E-state index contributed by atoms with van der Waals surface area (Å²) < 4.78 is 5.16. The molecule has 0 heterocycles. The van der Waals surface area contributed by atoms with Gasteiger partial charge in [-0.05, 0) is 30.5 Å². The lowest BCUT2D eigenvalue weighted by molar-refractivity contribution is 0.165. The van der Waals surface area contributed by atoms with E-state index in [9.17, 15) is 9.90 Å².